The van der Waals surface area contributed by atoms with Gasteiger partial charge in [-0.05, 0) is 45.2 Å². The Kier molecular flexibility index (Phi) is 4.81. The van der Waals surface area contributed by atoms with Gasteiger partial charge in [-0.15, -0.1) is 0 Å². The number of fused-ring (bicyclic) bond motifs is 1. The quantitative estimate of drug-likeness (QED) is 0.739. The van der Waals surface area contributed by atoms with E-state index in [1.165, 1.54) is 6.42 Å². The third kappa shape index (κ3) is 4.43. The fraction of sp³-hybridized carbons (Fsp3) is 0.917. The maximum absolute atomic E-state index is 11.9. The van der Waals surface area contributed by atoms with Crippen LogP contribution >= 0.6 is 0 Å². The average Bonchev–Trinajstić information content (AvgIpc) is 2.74. The first-order valence-corrected chi connectivity index (χ1v) is 8.57. The van der Waals surface area contributed by atoms with E-state index in [2.05, 4.69) is 9.62 Å². The van der Waals surface area contributed by atoms with E-state index < -0.39 is 16.0 Å². The molecule has 0 spiro atoms. The molecule has 110 valence electrons. The standard InChI is InChI=1S/C12H22N2O4S/c15-12(16)4-2-8-19(17,18)13-10-5-7-14-6-1-3-11(14)9-10/h10-11,13H,1-9H2,(H,15,16). The minimum absolute atomic E-state index is 0.0224. The Morgan fingerprint density at radius 2 is 2.11 bits per heavy atom. The number of carboxylic acids is 1. The molecule has 0 saturated carbocycles. The van der Waals surface area contributed by atoms with Crippen LogP contribution in [-0.2, 0) is 14.8 Å². The molecule has 2 fully saturated rings. The Balaban J connectivity index is 1.78. The Morgan fingerprint density at radius 3 is 2.84 bits per heavy atom. The zero-order valence-corrected chi connectivity index (χ0v) is 11.9. The van der Waals surface area contributed by atoms with E-state index in [9.17, 15) is 13.2 Å². The van der Waals surface area contributed by atoms with Gasteiger partial charge in [0.15, 0.2) is 0 Å². The summed E-state index contributed by atoms with van der Waals surface area (Å²) in [5.41, 5.74) is 0. The maximum atomic E-state index is 11.9. The minimum Gasteiger partial charge on any atom is -0.481 e. The topological polar surface area (TPSA) is 86.7 Å². The maximum Gasteiger partial charge on any atom is 0.303 e. The Bertz CT molecular complexity index is 423. The molecular weight excluding hydrogens is 268 g/mol. The largest absolute Gasteiger partial charge is 0.481 e. The van der Waals surface area contributed by atoms with Crippen LogP contribution in [0.1, 0.15) is 38.5 Å². The van der Waals surface area contributed by atoms with Crippen LogP contribution < -0.4 is 4.72 Å². The van der Waals surface area contributed by atoms with E-state index in [4.69, 9.17) is 5.11 Å². The van der Waals surface area contributed by atoms with Crippen molar-refractivity contribution >= 4 is 16.0 Å². The van der Waals surface area contributed by atoms with Crippen LogP contribution in [-0.4, -0.2) is 55.3 Å². The molecule has 2 rings (SSSR count). The van der Waals surface area contributed by atoms with Crippen LogP contribution in [0.4, 0.5) is 0 Å². The number of sulfonamides is 1. The molecule has 0 aromatic heterocycles. The number of nitrogens with one attached hydrogen (secondary N) is 1. The number of hydrogen-bond donors (Lipinski definition) is 2. The van der Waals surface area contributed by atoms with Crippen LogP contribution in [0.2, 0.25) is 0 Å². The Hall–Kier alpha value is -0.660. The lowest BCUT2D eigenvalue weighted by Gasteiger charge is -2.34. The highest BCUT2D eigenvalue weighted by Gasteiger charge is 2.33. The highest BCUT2D eigenvalue weighted by molar-refractivity contribution is 7.89. The van der Waals surface area contributed by atoms with Crippen LogP contribution in [0.25, 0.3) is 0 Å². The first-order valence-electron chi connectivity index (χ1n) is 6.92. The number of piperidine rings is 1. The summed E-state index contributed by atoms with van der Waals surface area (Å²) in [6, 6.07) is 0.551. The zero-order valence-electron chi connectivity index (χ0n) is 11.0. The van der Waals surface area contributed by atoms with Crippen molar-refractivity contribution < 1.29 is 18.3 Å². The third-order valence-corrected chi connectivity index (χ3v) is 5.49. The summed E-state index contributed by atoms with van der Waals surface area (Å²) < 4.78 is 26.4. The monoisotopic (exact) mass is 290 g/mol. The molecule has 2 N–H and O–H groups in total. The second kappa shape index (κ2) is 6.19. The van der Waals surface area contributed by atoms with Crippen LogP contribution in [0.5, 0.6) is 0 Å². The number of aliphatic carboxylic acids is 1. The molecule has 2 aliphatic rings. The molecule has 2 heterocycles. The molecule has 0 aromatic carbocycles. The normalized spacial score (nSPS) is 28.2. The zero-order chi connectivity index (χ0) is 13.9. The van der Waals surface area contributed by atoms with Gasteiger partial charge in [0.1, 0.15) is 0 Å². The van der Waals surface area contributed by atoms with E-state index in [1.54, 1.807) is 0 Å². The van der Waals surface area contributed by atoms with Crippen molar-refractivity contribution in [2.24, 2.45) is 0 Å². The van der Waals surface area contributed by atoms with Crippen LogP contribution in [0.3, 0.4) is 0 Å². The summed E-state index contributed by atoms with van der Waals surface area (Å²) in [5.74, 6) is -1.04. The van der Waals surface area contributed by atoms with Gasteiger partial charge < -0.3 is 10.0 Å². The SMILES string of the molecule is O=C(O)CCCS(=O)(=O)NC1CCN2CCCC2C1. The number of rotatable bonds is 6. The summed E-state index contributed by atoms with van der Waals surface area (Å²) in [6.07, 6.45) is 4.20. The van der Waals surface area contributed by atoms with Gasteiger partial charge in [-0.25, -0.2) is 13.1 Å². The van der Waals surface area contributed by atoms with Gasteiger partial charge in [-0.2, -0.15) is 0 Å². The van der Waals surface area contributed by atoms with Crippen molar-refractivity contribution in [3.63, 3.8) is 0 Å². The summed E-state index contributed by atoms with van der Waals surface area (Å²) in [6.45, 7) is 2.11. The van der Waals surface area contributed by atoms with Crippen molar-refractivity contribution in [3.8, 4) is 0 Å². The van der Waals surface area contributed by atoms with E-state index in [1.807, 2.05) is 0 Å². The molecule has 0 radical (unpaired) electrons. The lowest BCUT2D eigenvalue weighted by molar-refractivity contribution is -0.137. The lowest BCUT2D eigenvalue weighted by atomic mass is 9.99. The molecular formula is C12H22N2O4S. The van der Waals surface area contributed by atoms with Gasteiger partial charge >= 0.3 is 5.97 Å². The number of carbonyl (C=O) groups is 1. The van der Waals surface area contributed by atoms with E-state index in [-0.39, 0.29) is 24.6 Å². The van der Waals surface area contributed by atoms with Gasteiger partial charge in [0, 0.05) is 18.5 Å². The van der Waals surface area contributed by atoms with E-state index in [0.717, 1.165) is 32.4 Å². The molecule has 0 amide bonds. The van der Waals surface area contributed by atoms with Crippen molar-refractivity contribution in [2.45, 2.75) is 50.6 Å². The summed E-state index contributed by atoms with van der Waals surface area (Å²) in [5, 5.41) is 8.51. The van der Waals surface area contributed by atoms with Gasteiger partial charge in [0.2, 0.25) is 10.0 Å². The fourth-order valence-electron chi connectivity index (χ4n) is 3.06. The molecule has 2 saturated heterocycles. The molecule has 7 heteroatoms. The van der Waals surface area contributed by atoms with Crippen LogP contribution in [0, 0.1) is 0 Å². The first kappa shape index (κ1) is 14.7. The predicted molar refractivity (Wildman–Crippen MR) is 71.4 cm³/mol. The highest BCUT2D eigenvalue weighted by atomic mass is 32.2. The van der Waals surface area contributed by atoms with Gasteiger partial charge in [0.05, 0.1) is 5.75 Å². The molecule has 6 nitrogen and oxygen atoms in total. The second-order valence-corrected chi connectivity index (χ2v) is 7.36. The van der Waals surface area contributed by atoms with E-state index in [0.29, 0.717) is 6.04 Å². The van der Waals surface area contributed by atoms with Crippen molar-refractivity contribution in [1.82, 2.24) is 9.62 Å². The summed E-state index contributed by atoms with van der Waals surface area (Å²) >= 11 is 0. The van der Waals surface area contributed by atoms with Crippen molar-refractivity contribution in [1.29, 1.82) is 0 Å². The van der Waals surface area contributed by atoms with Gasteiger partial charge in [0.25, 0.3) is 0 Å². The Labute approximate surface area is 114 Å². The fourth-order valence-corrected chi connectivity index (χ4v) is 4.42. The molecule has 2 aliphatic heterocycles. The third-order valence-electron chi connectivity index (χ3n) is 3.97. The van der Waals surface area contributed by atoms with Crippen LogP contribution in [0.15, 0.2) is 0 Å². The second-order valence-electron chi connectivity index (χ2n) is 5.49. The summed E-state index contributed by atoms with van der Waals surface area (Å²) in [7, 11) is -3.34. The smallest absolute Gasteiger partial charge is 0.303 e. The molecule has 0 bridgehead atoms. The molecule has 2 unspecified atom stereocenters. The summed E-state index contributed by atoms with van der Waals surface area (Å²) in [4.78, 5) is 12.8. The number of hydrogen-bond acceptors (Lipinski definition) is 4. The number of nitrogens with zero attached hydrogens (tertiary/aromatic N) is 1. The van der Waals surface area contributed by atoms with E-state index >= 15 is 0 Å². The first-order chi connectivity index (χ1) is 8.96. The minimum atomic E-state index is -3.34. The van der Waals surface area contributed by atoms with Crippen molar-refractivity contribution in [3.05, 3.63) is 0 Å². The average molecular weight is 290 g/mol. The highest BCUT2D eigenvalue weighted by Crippen LogP contribution is 2.27. The molecule has 0 aliphatic carbocycles. The molecule has 2 atom stereocenters. The molecule has 19 heavy (non-hydrogen) atoms. The van der Waals surface area contributed by atoms with Gasteiger partial charge in [-0.3, -0.25) is 4.79 Å². The number of carboxylic acid groups (broad SMARTS) is 1. The van der Waals surface area contributed by atoms with Gasteiger partial charge in [-0.1, -0.05) is 0 Å². The predicted octanol–water partition coefficient (Wildman–Crippen LogP) is 0.397. The lowest BCUT2D eigenvalue weighted by Crippen LogP contribution is -2.47. The van der Waals surface area contributed by atoms with Crippen molar-refractivity contribution in [2.75, 3.05) is 18.8 Å². The molecule has 0 aromatic rings. The Morgan fingerprint density at radius 1 is 1.32 bits per heavy atom.